The fourth-order valence-electron chi connectivity index (χ4n) is 3.26. The molecule has 0 aromatic heterocycles. The van der Waals surface area contributed by atoms with Crippen molar-refractivity contribution in [3.05, 3.63) is 17.7 Å². The normalized spacial score (nSPS) is 24.1. The van der Waals surface area contributed by atoms with E-state index in [1.165, 1.54) is 19.3 Å². The van der Waals surface area contributed by atoms with E-state index in [0.717, 1.165) is 48.0 Å². The van der Waals surface area contributed by atoms with E-state index in [4.69, 9.17) is 19.9 Å². The zero-order valence-electron chi connectivity index (χ0n) is 12.8. The van der Waals surface area contributed by atoms with Crippen LogP contribution in [-0.4, -0.2) is 19.4 Å². The average Bonchev–Trinajstić information content (AvgIpc) is 2.96. The monoisotopic (exact) mass is 291 g/mol. The van der Waals surface area contributed by atoms with E-state index in [2.05, 4.69) is 6.92 Å². The highest BCUT2D eigenvalue weighted by molar-refractivity contribution is 5.52. The standard InChI is InChI=1S/C17H25NO3/c1-2-12-3-5-14(6-4-12)21-15-10-17-16(19-11-20-17)9-13(15)7-8-18/h9-10,12,14H,2-8,11,18H2,1H3. The highest BCUT2D eigenvalue weighted by atomic mass is 16.7. The average molecular weight is 291 g/mol. The van der Waals surface area contributed by atoms with Gasteiger partial charge in [-0.25, -0.2) is 0 Å². The SMILES string of the molecule is CCC1CCC(Oc2cc3c(cc2CCN)OCO3)CC1. The van der Waals surface area contributed by atoms with Gasteiger partial charge >= 0.3 is 0 Å². The Morgan fingerprint density at radius 2 is 1.86 bits per heavy atom. The van der Waals surface area contributed by atoms with Crippen molar-refractivity contribution in [3.63, 3.8) is 0 Å². The Labute approximate surface area is 126 Å². The lowest BCUT2D eigenvalue weighted by molar-refractivity contribution is 0.128. The van der Waals surface area contributed by atoms with Crippen LogP contribution in [0.5, 0.6) is 17.2 Å². The van der Waals surface area contributed by atoms with Crippen molar-refractivity contribution in [3.8, 4) is 17.2 Å². The van der Waals surface area contributed by atoms with Crippen LogP contribution in [-0.2, 0) is 6.42 Å². The molecule has 0 bridgehead atoms. The maximum Gasteiger partial charge on any atom is 0.231 e. The van der Waals surface area contributed by atoms with Gasteiger partial charge in [-0.05, 0) is 56.2 Å². The second kappa shape index (κ2) is 6.56. The number of rotatable bonds is 5. The second-order valence-electron chi connectivity index (χ2n) is 6.02. The van der Waals surface area contributed by atoms with Gasteiger partial charge in [0.1, 0.15) is 5.75 Å². The molecule has 1 aromatic carbocycles. The molecular formula is C17H25NO3. The molecule has 0 spiro atoms. The third-order valence-electron chi connectivity index (χ3n) is 4.63. The van der Waals surface area contributed by atoms with Crippen LogP contribution in [0.1, 0.15) is 44.6 Å². The van der Waals surface area contributed by atoms with Crippen molar-refractivity contribution in [2.45, 2.75) is 51.6 Å². The minimum absolute atomic E-state index is 0.294. The zero-order valence-corrected chi connectivity index (χ0v) is 12.8. The van der Waals surface area contributed by atoms with Gasteiger partial charge in [0.25, 0.3) is 0 Å². The highest BCUT2D eigenvalue weighted by Crippen LogP contribution is 2.39. The summed E-state index contributed by atoms with van der Waals surface area (Å²) in [4.78, 5) is 0. The van der Waals surface area contributed by atoms with E-state index in [1.54, 1.807) is 0 Å². The minimum Gasteiger partial charge on any atom is -0.490 e. The van der Waals surface area contributed by atoms with Gasteiger partial charge in [-0.3, -0.25) is 0 Å². The molecule has 2 aliphatic rings. The molecule has 4 nitrogen and oxygen atoms in total. The summed E-state index contributed by atoms with van der Waals surface area (Å²) in [7, 11) is 0. The molecule has 0 amide bonds. The number of fused-ring (bicyclic) bond motifs is 1. The summed E-state index contributed by atoms with van der Waals surface area (Å²) in [5, 5.41) is 0. The molecule has 0 atom stereocenters. The molecule has 0 radical (unpaired) electrons. The summed E-state index contributed by atoms with van der Waals surface area (Å²) in [6.45, 7) is 3.18. The lowest BCUT2D eigenvalue weighted by Crippen LogP contribution is -2.24. The quantitative estimate of drug-likeness (QED) is 0.904. The van der Waals surface area contributed by atoms with Gasteiger partial charge in [-0.15, -0.1) is 0 Å². The third-order valence-corrected chi connectivity index (χ3v) is 4.63. The lowest BCUT2D eigenvalue weighted by Gasteiger charge is -2.29. The largest absolute Gasteiger partial charge is 0.490 e. The summed E-state index contributed by atoms with van der Waals surface area (Å²) in [6, 6.07) is 3.99. The number of hydrogen-bond donors (Lipinski definition) is 1. The van der Waals surface area contributed by atoms with Crippen LogP contribution in [0.3, 0.4) is 0 Å². The maximum atomic E-state index is 6.27. The Morgan fingerprint density at radius 3 is 2.52 bits per heavy atom. The van der Waals surface area contributed by atoms with Crippen LogP contribution in [0, 0.1) is 5.92 Å². The Bertz CT molecular complexity index is 481. The first kappa shape index (κ1) is 14.5. The summed E-state index contributed by atoms with van der Waals surface area (Å²) in [6.07, 6.45) is 7.26. The molecule has 0 saturated heterocycles. The molecule has 1 saturated carbocycles. The number of ether oxygens (including phenoxy) is 3. The van der Waals surface area contributed by atoms with Gasteiger partial charge in [0.2, 0.25) is 6.79 Å². The molecule has 1 heterocycles. The topological polar surface area (TPSA) is 53.7 Å². The zero-order chi connectivity index (χ0) is 14.7. The summed E-state index contributed by atoms with van der Waals surface area (Å²) in [5.41, 5.74) is 6.84. The Morgan fingerprint density at radius 1 is 1.14 bits per heavy atom. The first-order chi connectivity index (χ1) is 10.3. The van der Waals surface area contributed by atoms with Crippen molar-refractivity contribution in [2.75, 3.05) is 13.3 Å². The van der Waals surface area contributed by atoms with E-state index in [1.807, 2.05) is 12.1 Å². The first-order valence-corrected chi connectivity index (χ1v) is 8.09. The predicted molar refractivity (Wildman–Crippen MR) is 82.0 cm³/mol. The van der Waals surface area contributed by atoms with Crippen molar-refractivity contribution in [1.29, 1.82) is 0 Å². The van der Waals surface area contributed by atoms with Gasteiger partial charge < -0.3 is 19.9 Å². The molecule has 1 aromatic rings. The van der Waals surface area contributed by atoms with E-state index in [-0.39, 0.29) is 0 Å². The third kappa shape index (κ3) is 3.26. The maximum absolute atomic E-state index is 6.27. The number of benzene rings is 1. The number of nitrogens with two attached hydrogens (primary N) is 1. The van der Waals surface area contributed by atoms with Gasteiger partial charge in [0.15, 0.2) is 11.5 Å². The van der Waals surface area contributed by atoms with Crippen LogP contribution < -0.4 is 19.9 Å². The Balaban J connectivity index is 1.72. The smallest absolute Gasteiger partial charge is 0.231 e. The molecule has 1 aliphatic carbocycles. The van der Waals surface area contributed by atoms with Crippen molar-refractivity contribution >= 4 is 0 Å². The van der Waals surface area contributed by atoms with Crippen LogP contribution in [0.25, 0.3) is 0 Å². The lowest BCUT2D eigenvalue weighted by atomic mass is 9.86. The molecule has 116 valence electrons. The molecule has 0 unspecified atom stereocenters. The second-order valence-corrected chi connectivity index (χ2v) is 6.02. The van der Waals surface area contributed by atoms with Gasteiger partial charge in [-0.1, -0.05) is 13.3 Å². The summed E-state index contributed by atoms with van der Waals surface area (Å²) < 4.78 is 17.2. The molecule has 1 aliphatic heterocycles. The van der Waals surface area contributed by atoms with E-state index in [0.29, 0.717) is 19.4 Å². The summed E-state index contributed by atoms with van der Waals surface area (Å²) in [5.74, 6) is 3.39. The Kier molecular flexibility index (Phi) is 4.54. The van der Waals surface area contributed by atoms with Gasteiger partial charge in [0.05, 0.1) is 6.10 Å². The van der Waals surface area contributed by atoms with Gasteiger partial charge in [0, 0.05) is 6.07 Å². The van der Waals surface area contributed by atoms with Crippen molar-refractivity contribution in [2.24, 2.45) is 11.7 Å². The Hall–Kier alpha value is -1.42. The number of hydrogen-bond acceptors (Lipinski definition) is 4. The molecule has 4 heteroatoms. The summed E-state index contributed by atoms with van der Waals surface area (Å²) >= 11 is 0. The fourth-order valence-corrected chi connectivity index (χ4v) is 3.26. The fraction of sp³-hybridized carbons (Fsp3) is 0.647. The van der Waals surface area contributed by atoms with Crippen LogP contribution >= 0.6 is 0 Å². The molecule has 1 fully saturated rings. The van der Waals surface area contributed by atoms with Crippen LogP contribution in [0.4, 0.5) is 0 Å². The van der Waals surface area contributed by atoms with Crippen LogP contribution in [0.2, 0.25) is 0 Å². The minimum atomic E-state index is 0.294. The molecule has 21 heavy (non-hydrogen) atoms. The van der Waals surface area contributed by atoms with E-state index >= 15 is 0 Å². The molecular weight excluding hydrogens is 266 g/mol. The predicted octanol–water partition coefficient (Wildman–Crippen LogP) is 3.26. The van der Waals surface area contributed by atoms with E-state index < -0.39 is 0 Å². The molecule has 2 N–H and O–H groups in total. The van der Waals surface area contributed by atoms with E-state index in [9.17, 15) is 0 Å². The van der Waals surface area contributed by atoms with Gasteiger partial charge in [-0.2, -0.15) is 0 Å². The first-order valence-electron chi connectivity index (χ1n) is 8.09. The van der Waals surface area contributed by atoms with Crippen molar-refractivity contribution in [1.82, 2.24) is 0 Å². The van der Waals surface area contributed by atoms with Crippen LogP contribution in [0.15, 0.2) is 12.1 Å². The van der Waals surface area contributed by atoms with Crippen molar-refractivity contribution < 1.29 is 14.2 Å². The highest BCUT2D eigenvalue weighted by Gasteiger charge is 2.24. The molecule has 3 rings (SSSR count).